The second kappa shape index (κ2) is 11.4. The van der Waals surface area contributed by atoms with E-state index in [9.17, 15) is 32.7 Å². The molecule has 1 unspecified atom stereocenters. The lowest BCUT2D eigenvalue weighted by Gasteiger charge is -2.33. The Kier molecular flexibility index (Phi) is 8.36. The standard InChI is InChI=1S/C28H43N5O8S/c1-27(2,3)41-26(38)29-21-16-32(18-8-9-18)12-6-4-5-7-17-14-28(17,25(37)31-42(39,40)20-10-11-20)30-23(35)22-13-19(34)15-33(22)24(21)36/h5,7,17-22,34H,4,6,8-16H2,1-3H3,(H,29,38)(H,30,35)(H,31,37)/b7-5-/t17?,19-,21+,22+,28-/m1/s1. The molecule has 5 aliphatic rings. The molecule has 1 saturated heterocycles. The van der Waals surface area contributed by atoms with Gasteiger partial charge in [-0.2, -0.15) is 0 Å². The average Bonchev–Trinajstić information content (AvgIpc) is 3.75. The van der Waals surface area contributed by atoms with Gasteiger partial charge in [-0.25, -0.2) is 13.2 Å². The van der Waals surface area contributed by atoms with E-state index in [1.54, 1.807) is 20.8 Å². The van der Waals surface area contributed by atoms with Crippen molar-refractivity contribution in [3.8, 4) is 0 Å². The molecular formula is C28H43N5O8S. The Labute approximate surface area is 246 Å². The van der Waals surface area contributed by atoms with Crippen LogP contribution in [-0.2, 0) is 29.1 Å². The molecule has 0 spiro atoms. The number of aliphatic hydroxyl groups is 1. The number of amides is 4. The highest BCUT2D eigenvalue weighted by molar-refractivity contribution is 7.91. The van der Waals surface area contributed by atoms with Gasteiger partial charge in [-0.1, -0.05) is 12.2 Å². The van der Waals surface area contributed by atoms with Gasteiger partial charge in [-0.3, -0.25) is 24.0 Å². The number of carbonyl (C=O) groups excluding carboxylic acids is 4. The summed E-state index contributed by atoms with van der Waals surface area (Å²) in [6.45, 7) is 5.94. The van der Waals surface area contributed by atoms with Crippen molar-refractivity contribution in [2.45, 2.75) is 113 Å². The Morgan fingerprint density at radius 1 is 1.14 bits per heavy atom. The van der Waals surface area contributed by atoms with Crippen LogP contribution in [0.15, 0.2) is 12.2 Å². The van der Waals surface area contributed by atoms with Crippen LogP contribution < -0.4 is 15.4 Å². The molecule has 4 amide bonds. The minimum Gasteiger partial charge on any atom is -0.444 e. The second-order valence-corrected chi connectivity index (χ2v) is 15.3. The number of nitrogens with one attached hydrogen (secondary N) is 3. The van der Waals surface area contributed by atoms with Crippen LogP contribution in [0.5, 0.6) is 0 Å². The molecule has 2 aliphatic heterocycles. The molecule has 3 aliphatic carbocycles. The Bertz CT molecular complexity index is 1240. The van der Waals surface area contributed by atoms with E-state index in [4.69, 9.17) is 4.74 Å². The number of allylic oxidation sites excluding steroid dienone is 1. The SMILES string of the molecule is CC(C)(C)OC(=O)N[C@H]1CN(C2CC2)CCC/C=C\C2C[C@@]2(C(=O)NS(=O)(=O)C2CC2)NC(=O)[C@@H]2C[C@@H](O)CN2C1=O. The van der Waals surface area contributed by atoms with Gasteiger partial charge in [-0.05, 0) is 72.3 Å². The van der Waals surface area contributed by atoms with Crippen LogP contribution in [0.4, 0.5) is 4.79 Å². The van der Waals surface area contributed by atoms with Gasteiger partial charge >= 0.3 is 6.09 Å². The highest BCUT2D eigenvalue weighted by Gasteiger charge is 2.62. The molecule has 0 aromatic heterocycles. The van der Waals surface area contributed by atoms with Crippen LogP contribution in [0, 0.1) is 5.92 Å². The predicted molar refractivity (Wildman–Crippen MR) is 151 cm³/mol. The fourth-order valence-electron chi connectivity index (χ4n) is 5.88. The summed E-state index contributed by atoms with van der Waals surface area (Å²) in [5.74, 6) is -2.38. The van der Waals surface area contributed by atoms with Crippen LogP contribution in [0.2, 0.25) is 0 Å². The second-order valence-electron chi connectivity index (χ2n) is 13.3. The molecule has 0 aromatic rings. The Hall–Kier alpha value is -2.71. The largest absolute Gasteiger partial charge is 0.444 e. The number of hydrogen-bond acceptors (Lipinski definition) is 9. The zero-order valence-corrected chi connectivity index (χ0v) is 25.3. The zero-order valence-electron chi connectivity index (χ0n) is 24.5. The van der Waals surface area contributed by atoms with Crippen LogP contribution in [0.1, 0.15) is 72.1 Å². The maximum Gasteiger partial charge on any atom is 0.408 e. The highest BCUT2D eigenvalue weighted by atomic mass is 32.2. The summed E-state index contributed by atoms with van der Waals surface area (Å²) in [7, 11) is -3.84. The topological polar surface area (TPSA) is 174 Å². The quantitative estimate of drug-likeness (QED) is 0.316. The molecule has 13 nitrogen and oxygen atoms in total. The first-order valence-electron chi connectivity index (χ1n) is 15.0. The molecule has 0 bridgehead atoms. The third kappa shape index (κ3) is 7.08. The van der Waals surface area contributed by atoms with E-state index in [2.05, 4.69) is 20.3 Å². The molecular weight excluding hydrogens is 566 g/mol. The van der Waals surface area contributed by atoms with Crippen LogP contribution in [0.3, 0.4) is 0 Å². The number of nitrogens with zero attached hydrogens (tertiary/aromatic N) is 2. The van der Waals surface area contributed by atoms with E-state index in [-0.39, 0.29) is 32.0 Å². The fraction of sp³-hybridized carbons (Fsp3) is 0.786. The summed E-state index contributed by atoms with van der Waals surface area (Å²) < 4.78 is 32.7. The number of hydrogen-bond donors (Lipinski definition) is 4. The number of rotatable bonds is 5. The van der Waals surface area contributed by atoms with Crippen molar-refractivity contribution in [2.24, 2.45) is 5.92 Å². The minimum absolute atomic E-state index is 0.0539. The van der Waals surface area contributed by atoms with Crippen LogP contribution >= 0.6 is 0 Å². The van der Waals surface area contributed by atoms with Crippen molar-refractivity contribution in [3.05, 3.63) is 12.2 Å². The number of fused-ring (bicyclic) bond motifs is 2. The molecule has 5 atom stereocenters. The number of ether oxygens (including phenoxy) is 1. The van der Waals surface area contributed by atoms with Gasteiger partial charge in [-0.15, -0.1) is 0 Å². The van der Waals surface area contributed by atoms with Gasteiger partial charge in [0.25, 0.3) is 5.91 Å². The van der Waals surface area contributed by atoms with E-state index in [0.717, 1.165) is 19.3 Å². The van der Waals surface area contributed by atoms with Crippen molar-refractivity contribution in [2.75, 3.05) is 19.6 Å². The van der Waals surface area contributed by atoms with E-state index >= 15 is 0 Å². The van der Waals surface area contributed by atoms with Gasteiger partial charge in [0.2, 0.25) is 21.8 Å². The number of sulfonamides is 1. The first-order valence-corrected chi connectivity index (χ1v) is 16.5. The monoisotopic (exact) mass is 609 g/mol. The Morgan fingerprint density at radius 3 is 2.50 bits per heavy atom. The van der Waals surface area contributed by atoms with Crippen molar-refractivity contribution in [1.82, 2.24) is 25.2 Å². The third-order valence-corrected chi connectivity index (χ3v) is 10.3. The third-order valence-electron chi connectivity index (χ3n) is 8.48. The van der Waals surface area contributed by atoms with Crippen molar-refractivity contribution in [1.29, 1.82) is 0 Å². The summed E-state index contributed by atoms with van der Waals surface area (Å²) in [4.78, 5) is 57.2. The first kappa shape index (κ1) is 30.7. The lowest BCUT2D eigenvalue weighted by Crippen LogP contribution is -2.60. The summed E-state index contributed by atoms with van der Waals surface area (Å²) in [6.07, 6.45) is 6.61. The van der Waals surface area contributed by atoms with Gasteiger partial charge in [0, 0.05) is 31.5 Å². The summed E-state index contributed by atoms with van der Waals surface area (Å²) in [5, 5.41) is 15.4. The number of aliphatic hydroxyl groups excluding tert-OH is 1. The van der Waals surface area contributed by atoms with Crippen LogP contribution in [0.25, 0.3) is 0 Å². The van der Waals surface area contributed by atoms with Gasteiger partial charge in [0.15, 0.2) is 0 Å². The summed E-state index contributed by atoms with van der Waals surface area (Å²) in [5.41, 5.74) is -2.25. The Balaban J connectivity index is 1.41. The normalized spacial score (nSPS) is 33.8. The molecule has 0 aromatic carbocycles. The molecule has 2 heterocycles. The highest BCUT2D eigenvalue weighted by Crippen LogP contribution is 2.46. The molecule has 4 N–H and O–H groups in total. The summed E-state index contributed by atoms with van der Waals surface area (Å²) in [6, 6.07) is -1.85. The van der Waals surface area contributed by atoms with Gasteiger partial charge in [0.05, 0.1) is 11.4 Å². The number of alkyl carbamates (subject to hydrolysis) is 1. The molecule has 3 saturated carbocycles. The van der Waals surface area contributed by atoms with Gasteiger partial charge in [0.1, 0.15) is 23.2 Å². The molecule has 5 rings (SSSR count). The Morgan fingerprint density at radius 2 is 1.86 bits per heavy atom. The van der Waals surface area contributed by atoms with Crippen LogP contribution in [-0.4, -0.2) is 107 Å². The molecule has 4 fully saturated rings. The van der Waals surface area contributed by atoms with Crippen molar-refractivity contribution in [3.63, 3.8) is 0 Å². The molecule has 234 valence electrons. The minimum atomic E-state index is -3.84. The fourth-order valence-corrected chi connectivity index (χ4v) is 7.24. The lowest BCUT2D eigenvalue weighted by molar-refractivity contribution is -0.141. The van der Waals surface area contributed by atoms with E-state index in [0.29, 0.717) is 25.8 Å². The first-order chi connectivity index (χ1) is 19.7. The smallest absolute Gasteiger partial charge is 0.408 e. The molecule has 42 heavy (non-hydrogen) atoms. The van der Waals surface area contributed by atoms with E-state index in [1.807, 2.05) is 12.2 Å². The zero-order chi connectivity index (χ0) is 30.4. The maximum absolute atomic E-state index is 14.0. The average molecular weight is 610 g/mol. The summed E-state index contributed by atoms with van der Waals surface area (Å²) >= 11 is 0. The number of carbonyl (C=O) groups is 4. The van der Waals surface area contributed by atoms with E-state index < -0.39 is 74.3 Å². The molecule has 0 radical (unpaired) electrons. The van der Waals surface area contributed by atoms with Gasteiger partial charge < -0.3 is 25.4 Å². The van der Waals surface area contributed by atoms with Crippen molar-refractivity contribution >= 4 is 33.8 Å². The van der Waals surface area contributed by atoms with Crippen molar-refractivity contribution < 1.29 is 37.4 Å². The molecule has 14 heteroatoms. The predicted octanol–water partition coefficient (Wildman–Crippen LogP) is 0.139. The lowest BCUT2D eigenvalue weighted by atomic mass is 10.1. The van der Waals surface area contributed by atoms with E-state index in [1.165, 1.54) is 4.90 Å². The maximum atomic E-state index is 14.0.